The maximum Gasteiger partial charge on any atom is 0.221 e. The Morgan fingerprint density at radius 1 is 1.47 bits per heavy atom. The summed E-state index contributed by atoms with van der Waals surface area (Å²) in [6.45, 7) is 0.722. The molecule has 2 rings (SSSR count). The summed E-state index contributed by atoms with van der Waals surface area (Å²) < 4.78 is 13.6. The summed E-state index contributed by atoms with van der Waals surface area (Å²) in [5.74, 6) is -0.254. The van der Waals surface area contributed by atoms with Crippen LogP contribution in [-0.2, 0) is 4.79 Å². The smallest absolute Gasteiger partial charge is 0.221 e. The summed E-state index contributed by atoms with van der Waals surface area (Å²) in [6.07, 6.45) is 2.32. The number of halogens is 1. The Bertz CT molecular complexity index is 425. The van der Waals surface area contributed by atoms with Crippen LogP contribution in [0.5, 0.6) is 0 Å². The lowest BCUT2D eigenvalue weighted by Crippen LogP contribution is -2.22. The van der Waals surface area contributed by atoms with E-state index in [1.54, 1.807) is 12.1 Å². The average molecular weight is 254 g/mol. The monoisotopic (exact) mass is 254 g/mol. The molecule has 1 heterocycles. The molecule has 1 fully saturated rings. The summed E-state index contributed by atoms with van der Waals surface area (Å²) in [7, 11) is 0. The van der Waals surface area contributed by atoms with Crippen LogP contribution in [0.2, 0.25) is 0 Å². The Morgan fingerprint density at radius 2 is 2.29 bits per heavy atom. The van der Waals surface area contributed by atoms with Crippen LogP contribution in [0.3, 0.4) is 0 Å². The normalized spacial score (nSPS) is 20.8. The van der Waals surface area contributed by atoms with Gasteiger partial charge in [-0.15, -0.1) is 11.8 Å². The Hall–Kier alpha value is -1.23. The van der Waals surface area contributed by atoms with E-state index in [-0.39, 0.29) is 17.0 Å². The number of amides is 1. The molecule has 1 unspecified atom stereocenters. The number of carbonyl (C=O) groups excluding carboxylic acids is 1. The van der Waals surface area contributed by atoms with Crippen LogP contribution in [0, 0.1) is 5.82 Å². The first-order chi connectivity index (χ1) is 8.15. The van der Waals surface area contributed by atoms with Gasteiger partial charge >= 0.3 is 0 Å². The van der Waals surface area contributed by atoms with E-state index >= 15 is 0 Å². The van der Waals surface area contributed by atoms with Crippen molar-refractivity contribution in [1.29, 1.82) is 0 Å². The average Bonchev–Trinajstić information content (AvgIpc) is 2.47. The van der Waals surface area contributed by atoms with Gasteiger partial charge in [-0.25, -0.2) is 4.39 Å². The zero-order valence-corrected chi connectivity index (χ0v) is 10.2. The fraction of sp³-hybridized carbons (Fsp3) is 0.417. The van der Waals surface area contributed by atoms with Gasteiger partial charge in [-0.1, -0.05) is 0 Å². The molecule has 5 heteroatoms. The van der Waals surface area contributed by atoms with Gasteiger partial charge < -0.3 is 11.1 Å². The van der Waals surface area contributed by atoms with E-state index in [2.05, 4.69) is 5.32 Å². The SMILES string of the molecule is Nc1ccc(SC2CCCNC(=O)C2)c(F)c1. The van der Waals surface area contributed by atoms with Crippen molar-refractivity contribution in [3.63, 3.8) is 0 Å². The highest BCUT2D eigenvalue weighted by Crippen LogP contribution is 2.32. The third kappa shape index (κ3) is 3.36. The fourth-order valence-electron chi connectivity index (χ4n) is 1.83. The van der Waals surface area contributed by atoms with Crippen molar-refractivity contribution in [2.24, 2.45) is 0 Å². The van der Waals surface area contributed by atoms with Crippen LogP contribution < -0.4 is 11.1 Å². The number of benzene rings is 1. The first kappa shape index (κ1) is 12.2. The summed E-state index contributed by atoms with van der Waals surface area (Å²) in [5, 5.41) is 2.97. The van der Waals surface area contributed by atoms with Crippen molar-refractivity contribution in [1.82, 2.24) is 5.32 Å². The number of rotatable bonds is 2. The Morgan fingerprint density at radius 3 is 3.06 bits per heavy atom. The van der Waals surface area contributed by atoms with E-state index in [9.17, 15) is 9.18 Å². The van der Waals surface area contributed by atoms with Gasteiger partial charge in [0.15, 0.2) is 0 Å². The predicted molar refractivity (Wildman–Crippen MR) is 67.3 cm³/mol. The second-order valence-corrected chi connectivity index (χ2v) is 5.47. The molecule has 1 aliphatic heterocycles. The van der Waals surface area contributed by atoms with Gasteiger partial charge in [-0.05, 0) is 31.0 Å². The third-order valence-corrected chi connectivity index (χ3v) is 4.01. The summed E-state index contributed by atoms with van der Waals surface area (Å²) >= 11 is 1.43. The highest BCUT2D eigenvalue weighted by atomic mass is 32.2. The lowest BCUT2D eigenvalue weighted by atomic mass is 10.2. The van der Waals surface area contributed by atoms with E-state index in [4.69, 9.17) is 5.73 Å². The highest BCUT2D eigenvalue weighted by Gasteiger charge is 2.19. The number of nitrogen functional groups attached to an aromatic ring is 1. The van der Waals surface area contributed by atoms with Crippen molar-refractivity contribution >= 4 is 23.4 Å². The van der Waals surface area contributed by atoms with Gasteiger partial charge in [0, 0.05) is 28.8 Å². The van der Waals surface area contributed by atoms with Crippen molar-refractivity contribution in [2.75, 3.05) is 12.3 Å². The molecular weight excluding hydrogens is 239 g/mol. The van der Waals surface area contributed by atoms with Crippen molar-refractivity contribution < 1.29 is 9.18 Å². The largest absolute Gasteiger partial charge is 0.399 e. The minimum atomic E-state index is -0.306. The molecule has 1 atom stereocenters. The lowest BCUT2D eigenvalue weighted by Gasteiger charge is -2.12. The van der Waals surface area contributed by atoms with Gasteiger partial charge in [0.25, 0.3) is 0 Å². The minimum Gasteiger partial charge on any atom is -0.399 e. The molecule has 92 valence electrons. The maximum atomic E-state index is 13.6. The first-order valence-corrected chi connectivity index (χ1v) is 6.51. The number of nitrogens with two attached hydrogens (primary N) is 1. The van der Waals surface area contributed by atoms with Crippen LogP contribution in [0.15, 0.2) is 23.1 Å². The van der Waals surface area contributed by atoms with E-state index in [1.165, 1.54) is 17.8 Å². The standard InChI is InChI=1S/C12H15FN2OS/c13-10-6-8(14)3-4-11(10)17-9-2-1-5-15-12(16)7-9/h3-4,6,9H,1-2,5,7,14H2,(H,15,16). The van der Waals surface area contributed by atoms with Crippen molar-refractivity contribution in [3.8, 4) is 0 Å². The second kappa shape index (κ2) is 5.40. The zero-order chi connectivity index (χ0) is 12.3. The molecule has 17 heavy (non-hydrogen) atoms. The Balaban J connectivity index is 2.06. The van der Waals surface area contributed by atoms with E-state index in [0.717, 1.165) is 19.4 Å². The molecule has 0 saturated carbocycles. The van der Waals surface area contributed by atoms with Gasteiger partial charge in [-0.3, -0.25) is 4.79 Å². The molecule has 1 saturated heterocycles. The molecule has 1 aromatic rings. The maximum absolute atomic E-state index is 13.6. The molecule has 0 bridgehead atoms. The number of nitrogens with one attached hydrogen (secondary N) is 1. The number of hydrogen-bond donors (Lipinski definition) is 2. The number of anilines is 1. The van der Waals surface area contributed by atoms with Gasteiger partial charge in [0.05, 0.1) is 0 Å². The molecule has 1 aliphatic rings. The topological polar surface area (TPSA) is 55.1 Å². The number of carbonyl (C=O) groups is 1. The van der Waals surface area contributed by atoms with Crippen LogP contribution >= 0.6 is 11.8 Å². The molecular formula is C12H15FN2OS. The molecule has 0 aromatic heterocycles. The van der Waals surface area contributed by atoms with Gasteiger partial charge in [0.1, 0.15) is 5.82 Å². The van der Waals surface area contributed by atoms with E-state index in [1.807, 2.05) is 0 Å². The number of thioether (sulfide) groups is 1. The molecule has 3 nitrogen and oxygen atoms in total. The third-order valence-electron chi connectivity index (χ3n) is 2.69. The molecule has 0 aliphatic carbocycles. The van der Waals surface area contributed by atoms with Crippen LogP contribution in [-0.4, -0.2) is 17.7 Å². The lowest BCUT2D eigenvalue weighted by molar-refractivity contribution is -0.120. The molecule has 3 N–H and O–H groups in total. The van der Waals surface area contributed by atoms with E-state index in [0.29, 0.717) is 17.0 Å². The molecule has 1 aromatic carbocycles. The van der Waals surface area contributed by atoms with Gasteiger partial charge in [-0.2, -0.15) is 0 Å². The van der Waals surface area contributed by atoms with Crippen molar-refractivity contribution in [3.05, 3.63) is 24.0 Å². The van der Waals surface area contributed by atoms with E-state index < -0.39 is 0 Å². The molecule has 0 spiro atoms. The highest BCUT2D eigenvalue weighted by molar-refractivity contribution is 8.00. The molecule has 0 radical (unpaired) electrons. The summed E-state index contributed by atoms with van der Waals surface area (Å²) in [4.78, 5) is 12.0. The number of hydrogen-bond acceptors (Lipinski definition) is 3. The second-order valence-electron chi connectivity index (χ2n) is 4.13. The molecule has 1 amide bonds. The summed E-state index contributed by atoms with van der Waals surface area (Å²) in [5.41, 5.74) is 5.92. The Kier molecular flexibility index (Phi) is 3.89. The van der Waals surface area contributed by atoms with Crippen LogP contribution in [0.4, 0.5) is 10.1 Å². The fourth-order valence-corrected chi connectivity index (χ4v) is 3.03. The van der Waals surface area contributed by atoms with Crippen LogP contribution in [0.25, 0.3) is 0 Å². The Labute approximate surface area is 104 Å². The minimum absolute atomic E-state index is 0.0517. The van der Waals surface area contributed by atoms with Crippen molar-refractivity contribution in [2.45, 2.75) is 29.4 Å². The summed E-state index contributed by atoms with van der Waals surface area (Å²) in [6, 6.07) is 4.68. The predicted octanol–water partition coefficient (Wildman–Crippen LogP) is 2.17. The zero-order valence-electron chi connectivity index (χ0n) is 9.41. The quantitative estimate of drug-likeness (QED) is 0.795. The van der Waals surface area contributed by atoms with Gasteiger partial charge in [0.2, 0.25) is 5.91 Å². The van der Waals surface area contributed by atoms with Crippen LogP contribution in [0.1, 0.15) is 19.3 Å². The first-order valence-electron chi connectivity index (χ1n) is 5.63.